The Bertz CT molecular complexity index is 823. The van der Waals surface area contributed by atoms with Crippen LogP contribution in [0.4, 0.5) is 0 Å². The number of nitrogens with zero attached hydrogens (tertiary/aromatic N) is 1. The van der Waals surface area contributed by atoms with E-state index in [9.17, 15) is 14.4 Å². The first kappa shape index (κ1) is 17.9. The summed E-state index contributed by atoms with van der Waals surface area (Å²) >= 11 is 0. The Balaban J connectivity index is 1.48. The van der Waals surface area contributed by atoms with Crippen molar-refractivity contribution in [2.75, 3.05) is 26.3 Å². The van der Waals surface area contributed by atoms with Gasteiger partial charge in [-0.3, -0.25) is 25.2 Å². The van der Waals surface area contributed by atoms with Crippen LogP contribution in [-0.2, 0) is 14.3 Å². The number of carbonyl (C=O) groups excluding carboxylic acids is 3. The van der Waals surface area contributed by atoms with Crippen LogP contribution in [0.5, 0.6) is 0 Å². The summed E-state index contributed by atoms with van der Waals surface area (Å²) in [5.74, 6) is -0.918. The van der Waals surface area contributed by atoms with Gasteiger partial charge in [0.2, 0.25) is 11.8 Å². The molecule has 1 saturated heterocycles. The molecule has 2 aromatic rings. The highest BCUT2D eigenvalue weighted by Crippen LogP contribution is 2.24. The lowest BCUT2D eigenvalue weighted by Crippen LogP contribution is -2.43. The lowest BCUT2D eigenvalue weighted by molar-refractivity contribution is -0.137. The number of para-hydroxylation sites is 1. The lowest BCUT2D eigenvalue weighted by Gasteiger charge is -2.26. The third-order valence-electron chi connectivity index (χ3n) is 4.30. The van der Waals surface area contributed by atoms with Crippen molar-refractivity contribution in [1.29, 1.82) is 0 Å². The summed E-state index contributed by atoms with van der Waals surface area (Å²) in [6.45, 7) is 3.91. The Hall–Kier alpha value is -2.87. The fraction of sp³-hybridized carbons (Fsp3) is 0.389. The van der Waals surface area contributed by atoms with Gasteiger partial charge in [-0.15, -0.1) is 0 Å². The van der Waals surface area contributed by atoms with Crippen LogP contribution < -0.4 is 10.9 Å². The summed E-state index contributed by atoms with van der Waals surface area (Å²) in [7, 11) is 0. The van der Waals surface area contributed by atoms with Crippen LogP contribution in [0.3, 0.4) is 0 Å². The van der Waals surface area contributed by atoms with Gasteiger partial charge in [0.15, 0.2) is 5.76 Å². The van der Waals surface area contributed by atoms with E-state index in [-0.39, 0.29) is 24.5 Å². The molecule has 2 N–H and O–H groups in total. The molecule has 8 heteroatoms. The molecular formula is C18H21N3O5. The van der Waals surface area contributed by atoms with Crippen LogP contribution in [0.2, 0.25) is 0 Å². The van der Waals surface area contributed by atoms with Crippen molar-refractivity contribution >= 4 is 28.7 Å². The third kappa shape index (κ3) is 4.02. The number of fused-ring (bicyclic) bond motifs is 1. The predicted molar refractivity (Wildman–Crippen MR) is 93.2 cm³/mol. The second-order valence-corrected chi connectivity index (χ2v) is 6.05. The number of aryl methyl sites for hydroxylation is 1. The SMILES string of the molecule is Cc1c(C(=O)NNC(=O)CCC(=O)N2CCOCC2)oc2ccccc12. The van der Waals surface area contributed by atoms with Crippen molar-refractivity contribution in [2.24, 2.45) is 0 Å². The molecule has 138 valence electrons. The monoisotopic (exact) mass is 359 g/mol. The molecule has 0 atom stereocenters. The third-order valence-corrected chi connectivity index (χ3v) is 4.30. The Kier molecular flexibility index (Phi) is 5.52. The van der Waals surface area contributed by atoms with Crippen molar-refractivity contribution < 1.29 is 23.5 Å². The zero-order valence-corrected chi connectivity index (χ0v) is 14.5. The van der Waals surface area contributed by atoms with E-state index in [4.69, 9.17) is 9.15 Å². The molecule has 1 aliphatic rings. The number of amides is 3. The van der Waals surface area contributed by atoms with Gasteiger partial charge in [0, 0.05) is 36.9 Å². The molecule has 0 saturated carbocycles. The highest BCUT2D eigenvalue weighted by atomic mass is 16.5. The quantitative estimate of drug-likeness (QED) is 0.798. The molecule has 26 heavy (non-hydrogen) atoms. The van der Waals surface area contributed by atoms with Gasteiger partial charge in [-0.2, -0.15) is 0 Å². The lowest BCUT2D eigenvalue weighted by atomic mass is 10.1. The number of hydrogen-bond acceptors (Lipinski definition) is 5. The Labute approximate surface area is 150 Å². The van der Waals surface area contributed by atoms with E-state index < -0.39 is 11.8 Å². The number of hydrogen-bond donors (Lipinski definition) is 2. The number of ether oxygens (including phenoxy) is 1. The largest absolute Gasteiger partial charge is 0.451 e. The zero-order chi connectivity index (χ0) is 18.5. The average Bonchev–Trinajstić information content (AvgIpc) is 3.02. The molecule has 1 aliphatic heterocycles. The minimum atomic E-state index is -0.536. The van der Waals surface area contributed by atoms with E-state index >= 15 is 0 Å². The second-order valence-electron chi connectivity index (χ2n) is 6.05. The standard InChI is InChI=1S/C18H21N3O5/c1-12-13-4-2-3-5-14(13)26-17(12)18(24)20-19-15(22)6-7-16(23)21-8-10-25-11-9-21/h2-5H,6-11H2,1H3,(H,19,22)(H,20,24). The summed E-state index contributed by atoms with van der Waals surface area (Å²) in [5.41, 5.74) is 5.96. The summed E-state index contributed by atoms with van der Waals surface area (Å²) in [5, 5.41) is 0.847. The average molecular weight is 359 g/mol. The fourth-order valence-corrected chi connectivity index (χ4v) is 2.83. The van der Waals surface area contributed by atoms with Crippen molar-refractivity contribution in [1.82, 2.24) is 15.8 Å². The van der Waals surface area contributed by atoms with E-state index in [1.54, 1.807) is 17.9 Å². The van der Waals surface area contributed by atoms with Crippen molar-refractivity contribution in [3.63, 3.8) is 0 Å². The smallest absolute Gasteiger partial charge is 0.305 e. The highest BCUT2D eigenvalue weighted by Gasteiger charge is 2.19. The van der Waals surface area contributed by atoms with Gasteiger partial charge < -0.3 is 14.1 Å². The summed E-state index contributed by atoms with van der Waals surface area (Å²) in [6.07, 6.45) is 0.0843. The van der Waals surface area contributed by atoms with Crippen molar-refractivity contribution in [3.05, 3.63) is 35.6 Å². The highest BCUT2D eigenvalue weighted by molar-refractivity contribution is 5.99. The van der Waals surface area contributed by atoms with Gasteiger partial charge in [0.1, 0.15) is 5.58 Å². The normalized spacial score (nSPS) is 14.3. The van der Waals surface area contributed by atoms with E-state index in [0.29, 0.717) is 37.4 Å². The van der Waals surface area contributed by atoms with E-state index in [1.165, 1.54) is 0 Å². The summed E-state index contributed by atoms with van der Waals surface area (Å²) < 4.78 is 10.7. The van der Waals surface area contributed by atoms with Gasteiger partial charge in [-0.25, -0.2) is 0 Å². The molecule has 0 unspecified atom stereocenters. The maximum Gasteiger partial charge on any atom is 0.305 e. The summed E-state index contributed by atoms with van der Waals surface area (Å²) in [4.78, 5) is 37.8. The van der Waals surface area contributed by atoms with Gasteiger partial charge in [0.25, 0.3) is 0 Å². The Morgan fingerprint density at radius 2 is 1.81 bits per heavy atom. The van der Waals surface area contributed by atoms with Gasteiger partial charge >= 0.3 is 5.91 Å². The molecule has 8 nitrogen and oxygen atoms in total. The van der Waals surface area contributed by atoms with Gasteiger partial charge in [0.05, 0.1) is 13.2 Å². The van der Waals surface area contributed by atoms with Crippen LogP contribution in [0, 0.1) is 6.92 Å². The number of rotatable bonds is 4. The minimum absolute atomic E-state index is 0.00438. The first-order valence-electron chi connectivity index (χ1n) is 8.49. The molecule has 0 spiro atoms. The first-order chi connectivity index (χ1) is 12.6. The van der Waals surface area contributed by atoms with E-state index in [1.807, 2.05) is 18.2 Å². The minimum Gasteiger partial charge on any atom is -0.451 e. The van der Waals surface area contributed by atoms with Crippen LogP contribution in [0.1, 0.15) is 29.0 Å². The molecule has 1 aromatic carbocycles. The van der Waals surface area contributed by atoms with Gasteiger partial charge in [-0.05, 0) is 13.0 Å². The first-order valence-corrected chi connectivity index (χ1v) is 8.49. The summed E-state index contributed by atoms with van der Waals surface area (Å²) in [6, 6.07) is 7.32. The van der Waals surface area contributed by atoms with Crippen LogP contribution in [0.15, 0.2) is 28.7 Å². The maximum absolute atomic E-state index is 12.2. The number of nitrogens with one attached hydrogen (secondary N) is 2. The Morgan fingerprint density at radius 1 is 1.08 bits per heavy atom. The van der Waals surface area contributed by atoms with E-state index in [2.05, 4.69) is 10.9 Å². The molecule has 2 heterocycles. The van der Waals surface area contributed by atoms with Crippen LogP contribution in [0.25, 0.3) is 11.0 Å². The molecular weight excluding hydrogens is 338 g/mol. The van der Waals surface area contributed by atoms with Gasteiger partial charge in [-0.1, -0.05) is 18.2 Å². The number of carbonyl (C=O) groups is 3. The molecule has 0 bridgehead atoms. The van der Waals surface area contributed by atoms with Crippen LogP contribution in [-0.4, -0.2) is 48.9 Å². The van der Waals surface area contributed by atoms with Crippen LogP contribution >= 0.6 is 0 Å². The zero-order valence-electron chi connectivity index (χ0n) is 14.5. The fourth-order valence-electron chi connectivity index (χ4n) is 2.83. The predicted octanol–water partition coefficient (Wildman–Crippen LogP) is 1.14. The molecule has 1 aromatic heterocycles. The topological polar surface area (TPSA) is 101 Å². The number of benzene rings is 1. The van der Waals surface area contributed by atoms with Crippen molar-refractivity contribution in [3.8, 4) is 0 Å². The number of morpholine rings is 1. The number of furan rings is 1. The molecule has 0 radical (unpaired) electrons. The van der Waals surface area contributed by atoms with E-state index in [0.717, 1.165) is 5.39 Å². The molecule has 3 amide bonds. The number of hydrazine groups is 1. The maximum atomic E-state index is 12.2. The second kappa shape index (κ2) is 8.01. The van der Waals surface area contributed by atoms with Crippen molar-refractivity contribution in [2.45, 2.75) is 19.8 Å². The Morgan fingerprint density at radius 3 is 2.54 bits per heavy atom. The molecule has 1 fully saturated rings. The molecule has 0 aliphatic carbocycles. The molecule has 3 rings (SSSR count).